The summed E-state index contributed by atoms with van der Waals surface area (Å²) in [4.78, 5) is 13.0. The Kier molecular flexibility index (Phi) is 4.50. The molecule has 0 bridgehead atoms. The number of nitrogens with zero attached hydrogens (tertiary/aromatic N) is 5. The molecule has 0 saturated carbocycles. The number of aryl methyl sites for hydroxylation is 2. The van der Waals surface area contributed by atoms with Crippen LogP contribution in [-0.4, -0.2) is 23.8 Å². The summed E-state index contributed by atoms with van der Waals surface area (Å²) in [6, 6.07) is 16.7. The van der Waals surface area contributed by atoms with Gasteiger partial charge in [0.1, 0.15) is 5.52 Å². The molecule has 6 heteroatoms. The molecule has 0 unspecified atom stereocenters. The summed E-state index contributed by atoms with van der Waals surface area (Å²) >= 11 is 0. The van der Waals surface area contributed by atoms with E-state index in [0.717, 1.165) is 27.9 Å². The van der Waals surface area contributed by atoms with Crippen molar-refractivity contribution in [2.75, 3.05) is 0 Å². The maximum absolute atomic E-state index is 13.0. The van der Waals surface area contributed by atoms with Gasteiger partial charge < -0.3 is 0 Å². The Hall–Kier alpha value is -3.67. The van der Waals surface area contributed by atoms with E-state index in [1.807, 2.05) is 6.07 Å². The molecule has 0 fully saturated rings. The molecule has 0 saturated heterocycles. The van der Waals surface area contributed by atoms with Crippen molar-refractivity contribution in [2.45, 2.75) is 40.2 Å². The van der Waals surface area contributed by atoms with E-state index in [1.165, 1.54) is 15.8 Å². The third-order valence-electron chi connectivity index (χ3n) is 5.89. The normalized spacial score (nSPS) is 11.8. The number of hydrogen-bond acceptors (Lipinski definition) is 3. The monoisotopic (exact) mass is 411 g/mol. The van der Waals surface area contributed by atoms with E-state index in [0.29, 0.717) is 18.1 Å². The molecule has 3 aromatic heterocycles. The molecule has 0 atom stereocenters. The molecular formula is C25H25N5O. The molecule has 5 aromatic rings. The second kappa shape index (κ2) is 7.23. The quantitative estimate of drug-likeness (QED) is 0.434. The Bertz CT molecular complexity index is 1470. The molecule has 0 N–H and O–H groups in total. The number of hydrogen-bond donors (Lipinski definition) is 0. The van der Waals surface area contributed by atoms with Crippen LogP contribution in [0, 0.1) is 13.8 Å². The maximum atomic E-state index is 13.0. The van der Waals surface area contributed by atoms with Gasteiger partial charge in [-0.25, -0.2) is 18.4 Å². The first-order valence-electron chi connectivity index (χ1n) is 10.5. The highest BCUT2D eigenvalue weighted by molar-refractivity contribution is 5.76. The van der Waals surface area contributed by atoms with Gasteiger partial charge in [0.05, 0.1) is 12.2 Å². The van der Waals surface area contributed by atoms with E-state index in [-0.39, 0.29) is 5.69 Å². The largest absolute Gasteiger partial charge is 0.350 e. The zero-order valence-electron chi connectivity index (χ0n) is 18.2. The number of rotatable bonds is 4. The summed E-state index contributed by atoms with van der Waals surface area (Å²) < 4.78 is 4.91. The van der Waals surface area contributed by atoms with Crippen molar-refractivity contribution in [3.05, 3.63) is 93.7 Å². The van der Waals surface area contributed by atoms with Crippen molar-refractivity contribution in [3.8, 4) is 11.3 Å². The van der Waals surface area contributed by atoms with Crippen molar-refractivity contribution < 1.29 is 0 Å². The van der Waals surface area contributed by atoms with Gasteiger partial charge in [-0.15, -0.1) is 5.10 Å². The van der Waals surface area contributed by atoms with Crippen molar-refractivity contribution >= 4 is 11.2 Å². The summed E-state index contributed by atoms with van der Waals surface area (Å²) in [5.74, 6) is 0.489. The van der Waals surface area contributed by atoms with Gasteiger partial charge in [0.2, 0.25) is 0 Å². The average Bonchev–Trinajstić information content (AvgIpc) is 3.32. The second-order valence-corrected chi connectivity index (χ2v) is 8.50. The van der Waals surface area contributed by atoms with Crippen LogP contribution in [0.2, 0.25) is 0 Å². The van der Waals surface area contributed by atoms with Crippen LogP contribution < -0.4 is 5.69 Å². The maximum Gasteiger partial charge on any atom is 0.350 e. The predicted octanol–water partition coefficient (Wildman–Crippen LogP) is 4.60. The van der Waals surface area contributed by atoms with Gasteiger partial charge in [-0.05, 0) is 42.5 Å². The lowest BCUT2D eigenvalue weighted by atomic mass is 10.0. The fourth-order valence-electron chi connectivity index (χ4n) is 3.95. The highest BCUT2D eigenvalue weighted by Gasteiger charge is 2.14. The average molecular weight is 412 g/mol. The fraction of sp³-hybridized carbons (Fsp3) is 0.240. The van der Waals surface area contributed by atoms with E-state index in [4.69, 9.17) is 5.10 Å². The van der Waals surface area contributed by atoms with E-state index in [9.17, 15) is 4.79 Å². The summed E-state index contributed by atoms with van der Waals surface area (Å²) in [7, 11) is 0. The lowest BCUT2D eigenvalue weighted by molar-refractivity contribution is 0.656. The van der Waals surface area contributed by atoms with Gasteiger partial charge >= 0.3 is 5.69 Å². The van der Waals surface area contributed by atoms with E-state index in [1.54, 1.807) is 21.3 Å². The third kappa shape index (κ3) is 3.34. The summed E-state index contributed by atoms with van der Waals surface area (Å²) in [5.41, 5.74) is 7.89. The zero-order chi connectivity index (χ0) is 21.7. The first-order chi connectivity index (χ1) is 14.9. The van der Waals surface area contributed by atoms with Crippen LogP contribution in [0.5, 0.6) is 0 Å². The minimum Gasteiger partial charge on any atom is -0.247 e. The molecule has 0 aliphatic carbocycles. The van der Waals surface area contributed by atoms with Crippen LogP contribution in [0.15, 0.2) is 65.7 Å². The Labute approximate surface area is 180 Å². The SMILES string of the molecule is Cc1ccc(C)c(Cn2nc3c4cc(-c5ccc(C(C)C)cc5)nn4ccn3c2=O)c1. The zero-order valence-corrected chi connectivity index (χ0v) is 18.2. The molecule has 2 aromatic carbocycles. The summed E-state index contributed by atoms with van der Waals surface area (Å²) in [5, 5.41) is 9.37. The van der Waals surface area contributed by atoms with Crippen LogP contribution in [0.4, 0.5) is 0 Å². The standard InChI is InChI=1S/C25H25N5O/c1-16(2)19-7-9-20(10-8-19)22-14-23-24-27-30(15-21-13-17(3)5-6-18(21)4)25(31)28(24)11-12-29(23)26-22/h5-14,16H,15H2,1-4H3. The first kappa shape index (κ1) is 19.3. The topological polar surface area (TPSA) is 56.6 Å². The van der Waals surface area contributed by atoms with Gasteiger partial charge in [0.15, 0.2) is 5.65 Å². The molecule has 0 radical (unpaired) electrons. The summed E-state index contributed by atoms with van der Waals surface area (Å²) in [6.45, 7) is 8.92. The lowest BCUT2D eigenvalue weighted by Gasteiger charge is -2.06. The fourth-order valence-corrected chi connectivity index (χ4v) is 3.95. The Morgan fingerprint density at radius 3 is 2.45 bits per heavy atom. The van der Waals surface area contributed by atoms with Crippen LogP contribution in [0.3, 0.4) is 0 Å². The number of aromatic nitrogens is 5. The van der Waals surface area contributed by atoms with E-state index in [2.05, 4.69) is 75.3 Å². The lowest BCUT2D eigenvalue weighted by Crippen LogP contribution is -2.22. The number of benzene rings is 2. The second-order valence-electron chi connectivity index (χ2n) is 8.50. The smallest absolute Gasteiger partial charge is 0.247 e. The van der Waals surface area contributed by atoms with E-state index >= 15 is 0 Å². The molecule has 0 amide bonds. The van der Waals surface area contributed by atoms with Gasteiger partial charge in [-0.1, -0.05) is 61.9 Å². The predicted molar refractivity (Wildman–Crippen MR) is 123 cm³/mol. The van der Waals surface area contributed by atoms with Crippen LogP contribution in [0.25, 0.3) is 22.4 Å². The molecule has 3 heterocycles. The van der Waals surface area contributed by atoms with Gasteiger partial charge in [-0.2, -0.15) is 5.10 Å². The van der Waals surface area contributed by atoms with Crippen LogP contribution >= 0.6 is 0 Å². The van der Waals surface area contributed by atoms with Crippen molar-refractivity contribution in [1.82, 2.24) is 23.8 Å². The Morgan fingerprint density at radius 1 is 0.935 bits per heavy atom. The molecule has 31 heavy (non-hydrogen) atoms. The Morgan fingerprint density at radius 2 is 1.71 bits per heavy atom. The van der Waals surface area contributed by atoms with Gasteiger partial charge in [0, 0.05) is 18.0 Å². The third-order valence-corrected chi connectivity index (χ3v) is 5.89. The highest BCUT2D eigenvalue weighted by atomic mass is 16.2. The molecule has 0 aliphatic heterocycles. The van der Waals surface area contributed by atoms with Gasteiger partial charge in [0.25, 0.3) is 0 Å². The molecule has 0 aliphatic rings. The summed E-state index contributed by atoms with van der Waals surface area (Å²) in [6.07, 6.45) is 3.54. The van der Waals surface area contributed by atoms with Crippen molar-refractivity contribution in [2.24, 2.45) is 0 Å². The molecule has 156 valence electrons. The first-order valence-corrected chi connectivity index (χ1v) is 10.5. The molecule has 6 nitrogen and oxygen atoms in total. The minimum atomic E-state index is -0.151. The van der Waals surface area contributed by atoms with Crippen molar-refractivity contribution in [3.63, 3.8) is 0 Å². The minimum absolute atomic E-state index is 0.151. The molecular weight excluding hydrogens is 386 g/mol. The number of fused-ring (bicyclic) bond motifs is 3. The Balaban J connectivity index is 1.59. The van der Waals surface area contributed by atoms with Crippen LogP contribution in [-0.2, 0) is 6.54 Å². The van der Waals surface area contributed by atoms with Crippen molar-refractivity contribution in [1.29, 1.82) is 0 Å². The van der Waals surface area contributed by atoms with Crippen LogP contribution in [0.1, 0.15) is 42.0 Å². The molecule has 0 spiro atoms. The van der Waals surface area contributed by atoms with E-state index < -0.39 is 0 Å². The van der Waals surface area contributed by atoms with Gasteiger partial charge in [-0.3, -0.25) is 0 Å². The highest BCUT2D eigenvalue weighted by Crippen LogP contribution is 2.24. The molecule has 5 rings (SSSR count).